The van der Waals surface area contributed by atoms with Crippen molar-refractivity contribution in [2.75, 3.05) is 34.4 Å². The number of methoxy groups -OCH3 is 1. The zero-order chi connectivity index (χ0) is 45.2. The van der Waals surface area contributed by atoms with Crippen molar-refractivity contribution in [3.05, 3.63) is 68.8 Å². The molecule has 0 spiro atoms. The highest BCUT2D eigenvalue weighted by molar-refractivity contribution is 6.31. The Hall–Kier alpha value is -5.30. The number of nitrogens with zero attached hydrogens (tertiary/aromatic N) is 1. The molecule has 2 fully saturated rings. The largest absolute Gasteiger partial charge is 0.507 e. The van der Waals surface area contributed by atoms with E-state index in [9.17, 15) is 65.1 Å². The molecule has 3 unspecified atom stereocenters. The Morgan fingerprint density at radius 1 is 0.887 bits per heavy atom. The number of aliphatic hydroxyl groups excluding tert-OH is 6. The molecule has 10 N–H and O–H groups in total. The lowest BCUT2D eigenvalue weighted by atomic mass is 9.74. The maximum Gasteiger partial charge on any atom is 0.295 e. The summed E-state index contributed by atoms with van der Waals surface area (Å²) in [5, 5.41) is 102. The maximum absolute atomic E-state index is 14.1. The van der Waals surface area contributed by atoms with Gasteiger partial charge in [0, 0.05) is 28.3 Å². The van der Waals surface area contributed by atoms with Crippen LogP contribution in [0, 0.1) is 6.92 Å². The summed E-state index contributed by atoms with van der Waals surface area (Å²) in [5.74, 6) is -5.31. The van der Waals surface area contributed by atoms with Gasteiger partial charge in [-0.15, -0.1) is 0 Å². The molecular weight excluding hydrogens is 824 g/mol. The zero-order valence-corrected chi connectivity index (χ0v) is 33.8. The van der Waals surface area contributed by atoms with E-state index in [4.69, 9.17) is 23.7 Å². The van der Waals surface area contributed by atoms with Gasteiger partial charge in [-0.05, 0) is 56.8 Å². The number of aryl methyl sites for hydroxylation is 1. The first-order valence-corrected chi connectivity index (χ1v) is 19.3. The topological polar surface area (TPSA) is 321 Å². The van der Waals surface area contributed by atoms with Crippen molar-refractivity contribution >= 4 is 23.9 Å². The fourth-order valence-corrected chi connectivity index (χ4v) is 8.67. The van der Waals surface area contributed by atoms with E-state index >= 15 is 0 Å². The van der Waals surface area contributed by atoms with Gasteiger partial charge in [0.05, 0.1) is 49.2 Å². The van der Waals surface area contributed by atoms with Crippen LogP contribution in [0.4, 0.5) is 0 Å². The van der Waals surface area contributed by atoms with Crippen LogP contribution in [-0.4, -0.2) is 171 Å². The van der Waals surface area contributed by atoms with Gasteiger partial charge < -0.3 is 84.6 Å². The SMILES string of the molecule is COc1cc(O)c2c(c1)C(=O)c1c(cc3c(c1O)-c1c(cc(C)c(C(=O)N[C@H](CO)OC=O)c1O)[C@H](O[C@@H]1OC(C)[C@H](N(C)C)C(O[C@@H]4OC[C@@H](O)[C@H](O)C4O)[C@H]1O)[C@H]3O)C2=O. The normalized spacial score (nSPS) is 29.5. The van der Waals surface area contributed by atoms with Crippen molar-refractivity contribution in [3.63, 3.8) is 0 Å². The molecular formula is C41H46N2O19. The monoisotopic (exact) mass is 870 g/mol. The Morgan fingerprint density at radius 3 is 2.19 bits per heavy atom. The molecule has 0 bridgehead atoms. The van der Waals surface area contributed by atoms with Crippen LogP contribution in [0.25, 0.3) is 11.1 Å². The number of benzene rings is 3. The smallest absolute Gasteiger partial charge is 0.295 e. The fourth-order valence-electron chi connectivity index (χ4n) is 8.67. The first kappa shape index (κ1) is 44.7. The van der Waals surface area contributed by atoms with Crippen LogP contribution in [-0.2, 0) is 28.5 Å². The second-order valence-electron chi connectivity index (χ2n) is 15.6. The number of amides is 1. The molecule has 2 saturated heterocycles. The van der Waals surface area contributed by atoms with Gasteiger partial charge in [-0.3, -0.25) is 19.2 Å². The molecule has 21 heteroatoms. The summed E-state index contributed by atoms with van der Waals surface area (Å²) in [5.41, 5.74) is -3.46. The highest BCUT2D eigenvalue weighted by atomic mass is 16.7. The summed E-state index contributed by atoms with van der Waals surface area (Å²) in [7, 11) is 4.58. The molecule has 3 aromatic rings. The van der Waals surface area contributed by atoms with Crippen molar-refractivity contribution in [2.45, 2.75) is 87.5 Å². The third kappa shape index (κ3) is 7.33. The highest BCUT2D eigenvalue weighted by Crippen LogP contribution is 2.57. The van der Waals surface area contributed by atoms with Crippen LogP contribution in [0.1, 0.15) is 78.0 Å². The molecule has 4 aliphatic rings. The summed E-state index contributed by atoms with van der Waals surface area (Å²) in [4.78, 5) is 54.6. The molecule has 62 heavy (non-hydrogen) atoms. The number of phenolic OH excluding ortho intramolecular Hbond substituents is 3. The summed E-state index contributed by atoms with van der Waals surface area (Å²) in [6, 6.07) is 3.90. The van der Waals surface area contributed by atoms with Gasteiger partial charge in [0.25, 0.3) is 12.4 Å². The lowest BCUT2D eigenvalue weighted by molar-refractivity contribution is -0.345. The number of likely N-dealkylation sites (N-methyl/N-ethyl adjacent to an activating group) is 1. The Morgan fingerprint density at radius 2 is 1.55 bits per heavy atom. The quantitative estimate of drug-likeness (QED) is 0.0622. The number of aromatic hydroxyl groups is 3. The lowest BCUT2D eigenvalue weighted by Crippen LogP contribution is -2.65. The number of nitrogens with one attached hydrogen (secondary N) is 1. The van der Waals surface area contributed by atoms with Crippen molar-refractivity contribution in [1.29, 1.82) is 0 Å². The second kappa shape index (κ2) is 17.1. The number of ketones is 2. The third-order valence-corrected chi connectivity index (χ3v) is 11.6. The predicted octanol–water partition coefficient (Wildman–Crippen LogP) is -1.25. The Labute approximate surface area is 352 Å². The second-order valence-corrected chi connectivity index (χ2v) is 15.6. The Kier molecular flexibility index (Phi) is 12.3. The van der Waals surface area contributed by atoms with E-state index in [0.29, 0.717) is 0 Å². The first-order chi connectivity index (χ1) is 29.4. The van der Waals surface area contributed by atoms with Gasteiger partial charge in [-0.25, -0.2) is 0 Å². The molecule has 21 nitrogen and oxygen atoms in total. The number of aliphatic hydroxyl groups is 6. The lowest BCUT2D eigenvalue weighted by Gasteiger charge is -2.49. The number of fused-ring (bicyclic) bond motifs is 5. The van der Waals surface area contributed by atoms with Crippen LogP contribution in [0.5, 0.6) is 23.0 Å². The number of hydrogen-bond donors (Lipinski definition) is 10. The van der Waals surface area contributed by atoms with Crippen molar-refractivity contribution in [2.24, 2.45) is 0 Å². The van der Waals surface area contributed by atoms with E-state index in [0.717, 1.165) is 12.1 Å². The molecule has 0 aromatic heterocycles. The number of phenols is 3. The molecule has 2 aliphatic heterocycles. The van der Waals surface area contributed by atoms with Gasteiger partial charge in [0.15, 0.2) is 30.4 Å². The number of hydrogen-bond acceptors (Lipinski definition) is 20. The molecule has 0 saturated carbocycles. The standard InChI is InChI=1S/C41H46N2O19/c1-13-6-19-26(33(52)23(13)39(56)42-22(10-44)59-12-45)25-17(9-18-27(34(25)53)30(49)16-7-15(57-5)8-20(46)24(16)29(18)48)31(50)37(19)61-41-36(55)38(28(43(3)4)14(2)60-41)62-40-35(54)32(51)21(47)11-58-40/h6-9,12,14,21-22,28,31-32,35-38,40-41,44,46-47,50-55H,10-11H2,1-5H3,(H,42,56)/t14?,21-,22+,28+,31+,32+,35?,36-,37+,38?,40+,41+/m1/s1. The van der Waals surface area contributed by atoms with Crippen LogP contribution in [0.15, 0.2) is 24.3 Å². The summed E-state index contributed by atoms with van der Waals surface area (Å²) in [6.45, 7) is 1.71. The van der Waals surface area contributed by atoms with Crippen LogP contribution in [0.2, 0.25) is 0 Å². The molecule has 334 valence electrons. The van der Waals surface area contributed by atoms with Gasteiger partial charge in [-0.2, -0.15) is 0 Å². The van der Waals surface area contributed by atoms with Gasteiger partial charge in [-0.1, -0.05) is 6.07 Å². The van der Waals surface area contributed by atoms with Crippen molar-refractivity contribution < 1.29 is 93.6 Å². The molecule has 2 heterocycles. The number of carbonyl (C=O) groups is 4. The van der Waals surface area contributed by atoms with E-state index in [-0.39, 0.29) is 40.0 Å². The van der Waals surface area contributed by atoms with Gasteiger partial charge in [0.1, 0.15) is 65.7 Å². The molecule has 3 aromatic carbocycles. The number of ether oxygens (including phenoxy) is 6. The Balaban J connectivity index is 1.37. The maximum atomic E-state index is 14.1. The average Bonchev–Trinajstić information content (AvgIpc) is 3.22. The average molecular weight is 871 g/mol. The zero-order valence-electron chi connectivity index (χ0n) is 33.8. The van der Waals surface area contributed by atoms with Gasteiger partial charge >= 0.3 is 0 Å². The highest BCUT2D eigenvalue weighted by Gasteiger charge is 2.52. The molecule has 2 aliphatic carbocycles. The van der Waals surface area contributed by atoms with Crippen LogP contribution >= 0.6 is 0 Å². The summed E-state index contributed by atoms with van der Waals surface area (Å²) in [6.07, 6.45) is -17.1. The summed E-state index contributed by atoms with van der Waals surface area (Å²) >= 11 is 0. The van der Waals surface area contributed by atoms with Crippen molar-refractivity contribution in [1.82, 2.24) is 10.2 Å². The van der Waals surface area contributed by atoms with Crippen molar-refractivity contribution in [3.8, 4) is 34.1 Å². The number of carbonyl (C=O) groups excluding carboxylic acids is 4. The van der Waals surface area contributed by atoms with E-state index in [1.165, 1.54) is 26.2 Å². The van der Waals surface area contributed by atoms with Crippen LogP contribution in [0.3, 0.4) is 0 Å². The van der Waals surface area contributed by atoms with Crippen LogP contribution < -0.4 is 10.1 Å². The minimum Gasteiger partial charge on any atom is -0.507 e. The van der Waals surface area contributed by atoms with E-state index in [1.54, 1.807) is 25.9 Å². The molecule has 0 radical (unpaired) electrons. The van der Waals surface area contributed by atoms with E-state index < -0.39 is 149 Å². The number of rotatable bonds is 11. The van der Waals surface area contributed by atoms with E-state index in [1.807, 2.05) is 0 Å². The minimum absolute atomic E-state index is 0.0115. The van der Waals surface area contributed by atoms with E-state index in [2.05, 4.69) is 10.1 Å². The Bertz CT molecular complexity index is 2300. The van der Waals surface area contributed by atoms with Gasteiger partial charge in [0.2, 0.25) is 0 Å². The summed E-state index contributed by atoms with van der Waals surface area (Å²) < 4.78 is 33.9. The molecule has 7 rings (SSSR count). The predicted molar refractivity (Wildman–Crippen MR) is 206 cm³/mol. The molecule has 12 atom stereocenters. The first-order valence-electron chi connectivity index (χ1n) is 19.3. The minimum atomic E-state index is -1.90. The molecule has 1 amide bonds. The fraction of sp³-hybridized carbons (Fsp3) is 0.463. The third-order valence-electron chi connectivity index (χ3n) is 11.6.